The van der Waals surface area contributed by atoms with Gasteiger partial charge < -0.3 is 14.6 Å². The lowest BCUT2D eigenvalue weighted by molar-refractivity contribution is -0.107. The molecule has 0 fully saturated rings. The van der Waals surface area contributed by atoms with Gasteiger partial charge in [-0.25, -0.2) is 9.18 Å². The standard InChI is InChI=1S/C16H16ClFN2O4/c1-3-5-20(8-21)14-12-11(6-10(17)13(14)18)19-7-9(15(12)22)16(23)24-4-2/h6-8H,3-5H2,1-2H3,(H,19,22). The number of H-pyrrole nitrogens is 1. The quantitative estimate of drug-likeness (QED) is 0.639. The van der Waals surface area contributed by atoms with Crippen molar-refractivity contribution in [2.45, 2.75) is 20.3 Å². The normalized spacial score (nSPS) is 10.7. The van der Waals surface area contributed by atoms with Crippen LogP contribution in [0.25, 0.3) is 10.9 Å². The average Bonchev–Trinajstić information content (AvgIpc) is 2.55. The summed E-state index contributed by atoms with van der Waals surface area (Å²) < 4.78 is 19.4. The molecule has 2 rings (SSSR count). The Bertz CT molecular complexity index is 850. The van der Waals surface area contributed by atoms with Crippen molar-refractivity contribution in [3.8, 4) is 0 Å². The first-order valence-electron chi connectivity index (χ1n) is 7.38. The lowest BCUT2D eigenvalue weighted by Gasteiger charge is -2.20. The molecule has 6 nitrogen and oxygen atoms in total. The molecular weight excluding hydrogens is 339 g/mol. The van der Waals surface area contributed by atoms with Crippen molar-refractivity contribution >= 4 is 40.6 Å². The molecule has 1 aromatic heterocycles. The minimum absolute atomic E-state index is 0.0917. The second-order valence-corrected chi connectivity index (χ2v) is 5.40. The van der Waals surface area contributed by atoms with Crippen LogP contribution >= 0.6 is 11.6 Å². The van der Waals surface area contributed by atoms with Gasteiger partial charge in [0.15, 0.2) is 5.82 Å². The van der Waals surface area contributed by atoms with Crippen LogP contribution in [0.2, 0.25) is 5.02 Å². The third-order valence-electron chi connectivity index (χ3n) is 3.41. The molecule has 0 aliphatic heterocycles. The largest absolute Gasteiger partial charge is 0.462 e. The van der Waals surface area contributed by atoms with Crippen molar-refractivity contribution in [3.05, 3.63) is 38.9 Å². The summed E-state index contributed by atoms with van der Waals surface area (Å²) in [5.41, 5.74) is -1.02. The number of amides is 1. The molecule has 128 valence electrons. The Morgan fingerprint density at radius 3 is 2.75 bits per heavy atom. The van der Waals surface area contributed by atoms with E-state index in [1.807, 2.05) is 0 Å². The maximum absolute atomic E-state index is 14.6. The van der Waals surface area contributed by atoms with Gasteiger partial charge in [-0.1, -0.05) is 18.5 Å². The van der Waals surface area contributed by atoms with Gasteiger partial charge in [0.1, 0.15) is 5.56 Å². The van der Waals surface area contributed by atoms with Gasteiger partial charge in [-0.2, -0.15) is 0 Å². The molecule has 0 saturated heterocycles. The summed E-state index contributed by atoms with van der Waals surface area (Å²) in [5.74, 6) is -1.72. The van der Waals surface area contributed by atoms with Gasteiger partial charge in [-0.15, -0.1) is 0 Å². The van der Waals surface area contributed by atoms with Crippen molar-refractivity contribution < 1.29 is 18.7 Å². The zero-order valence-electron chi connectivity index (χ0n) is 13.2. The van der Waals surface area contributed by atoms with E-state index in [1.165, 1.54) is 12.3 Å². The molecular formula is C16H16ClFN2O4. The predicted octanol–water partition coefficient (Wildman–Crippen LogP) is 2.87. The molecule has 0 saturated carbocycles. The summed E-state index contributed by atoms with van der Waals surface area (Å²) in [6, 6.07) is 1.24. The summed E-state index contributed by atoms with van der Waals surface area (Å²) in [4.78, 5) is 39.7. The highest BCUT2D eigenvalue weighted by Gasteiger charge is 2.23. The molecule has 8 heteroatoms. The van der Waals surface area contributed by atoms with Crippen LogP contribution in [0.4, 0.5) is 10.1 Å². The summed E-state index contributed by atoms with van der Waals surface area (Å²) >= 11 is 5.87. The molecule has 0 bridgehead atoms. The Labute approximate surface area is 142 Å². The van der Waals surface area contributed by atoms with Crippen molar-refractivity contribution in [2.24, 2.45) is 0 Å². The van der Waals surface area contributed by atoms with E-state index in [-0.39, 0.29) is 40.3 Å². The fourth-order valence-electron chi connectivity index (χ4n) is 2.39. The van der Waals surface area contributed by atoms with Gasteiger partial charge in [0.2, 0.25) is 11.8 Å². The van der Waals surface area contributed by atoms with Crippen molar-refractivity contribution in [3.63, 3.8) is 0 Å². The molecule has 1 N–H and O–H groups in total. The van der Waals surface area contributed by atoms with Gasteiger partial charge in [0.25, 0.3) is 0 Å². The minimum Gasteiger partial charge on any atom is -0.462 e. The maximum atomic E-state index is 14.6. The van der Waals surface area contributed by atoms with Crippen molar-refractivity contribution in [2.75, 3.05) is 18.1 Å². The van der Waals surface area contributed by atoms with Gasteiger partial charge in [0.05, 0.1) is 28.2 Å². The molecule has 1 heterocycles. The number of carbonyl (C=O) groups excluding carboxylic acids is 2. The number of benzene rings is 1. The second kappa shape index (κ2) is 7.44. The smallest absolute Gasteiger partial charge is 0.343 e. The fourth-order valence-corrected chi connectivity index (χ4v) is 2.59. The molecule has 0 unspecified atom stereocenters. The number of aromatic amines is 1. The number of nitrogens with zero attached hydrogens (tertiary/aromatic N) is 1. The van der Waals surface area contributed by atoms with Crippen LogP contribution < -0.4 is 10.3 Å². The molecule has 0 atom stereocenters. The Hall–Kier alpha value is -2.41. The molecule has 0 spiro atoms. The minimum atomic E-state index is -0.892. The zero-order valence-corrected chi connectivity index (χ0v) is 13.9. The topological polar surface area (TPSA) is 79.5 Å². The number of fused-ring (bicyclic) bond motifs is 1. The molecule has 2 aromatic rings. The summed E-state index contributed by atoms with van der Waals surface area (Å²) in [6.45, 7) is 3.69. The van der Waals surface area contributed by atoms with Crippen LogP contribution in [0, 0.1) is 5.82 Å². The van der Waals surface area contributed by atoms with E-state index in [2.05, 4.69) is 4.98 Å². The Morgan fingerprint density at radius 2 is 2.17 bits per heavy atom. The number of esters is 1. The number of hydrogen-bond acceptors (Lipinski definition) is 4. The highest BCUT2D eigenvalue weighted by Crippen LogP contribution is 2.32. The molecule has 1 amide bonds. The molecule has 0 aliphatic carbocycles. The number of anilines is 1. The highest BCUT2D eigenvalue weighted by atomic mass is 35.5. The van der Waals surface area contributed by atoms with Gasteiger partial charge >= 0.3 is 5.97 Å². The molecule has 0 aliphatic rings. The number of pyridine rings is 1. The number of rotatable bonds is 6. The third kappa shape index (κ3) is 3.12. The molecule has 24 heavy (non-hydrogen) atoms. The van der Waals surface area contributed by atoms with Crippen LogP contribution in [0.5, 0.6) is 0 Å². The number of hydrogen-bond donors (Lipinski definition) is 1. The average molecular weight is 355 g/mol. The summed E-state index contributed by atoms with van der Waals surface area (Å²) in [7, 11) is 0. The van der Waals surface area contributed by atoms with Crippen LogP contribution in [0.3, 0.4) is 0 Å². The summed E-state index contributed by atoms with van der Waals surface area (Å²) in [6.07, 6.45) is 2.15. The number of ether oxygens (including phenoxy) is 1. The number of aromatic nitrogens is 1. The van der Waals surface area contributed by atoms with E-state index in [0.29, 0.717) is 12.8 Å². The number of nitrogens with one attached hydrogen (secondary N) is 1. The van der Waals surface area contributed by atoms with Gasteiger partial charge in [0, 0.05) is 12.7 Å². The zero-order chi connectivity index (χ0) is 17.9. The number of halogens is 2. The Morgan fingerprint density at radius 1 is 1.46 bits per heavy atom. The lowest BCUT2D eigenvalue weighted by Crippen LogP contribution is -2.26. The molecule has 0 radical (unpaired) electrons. The van der Waals surface area contributed by atoms with Crippen molar-refractivity contribution in [1.82, 2.24) is 4.98 Å². The van der Waals surface area contributed by atoms with Crippen molar-refractivity contribution in [1.29, 1.82) is 0 Å². The van der Waals surface area contributed by atoms with E-state index >= 15 is 0 Å². The van der Waals surface area contributed by atoms with Crippen LogP contribution in [0.15, 0.2) is 17.1 Å². The lowest BCUT2D eigenvalue weighted by atomic mass is 10.1. The van der Waals surface area contributed by atoms with E-state index in [4.69, 9.17) is 16.3 Å². The predicted molar refractivity (Wildman–Crippen MR) is 89.2 cm³/mol. The third-order valence-corrected chi connectivity index (χ3v) is 3.69. The van der Waals surface area contributed by atoms with E-state index in [0.717, 1.165) is 4.90 Å². The van der Waals surface area contributed by atoms with Gasteiger partial charge in [-0.3, -0.25) is 9.59 Å². The van der Waals surface area contributed by atoms with Crippen LogP contribution in [0.1, 0.15) is 30.6 Å². The van der Waals surface area contributed by atoms with Crippen LogP contribution in [-0.4, -0.2) is 30.5 Å². The fraction of sp³-hybridized carbons (Fsp3) is 0.312. The SMILES string of the molecule is CCCN(C=O)c1c(F)c(Cl)cc2[nH]cc(C(=O)OCC)c(=O)c12. The highest BCUT2D eigenvalue weighted by molar-refractivity contribution is 6.32. The Kier molecular flexibility index (Phi) is 5.56. The first-order chi connectivity index (χ1) is 11.5. The maximum Gasteiger partial charge on any atom is 0.343 e. The summed E-state index contributed by atoms with van der Waals surface area (Å²) in [5, 5.41) is -0.358. The Balaban J connectivity index is 2.85. The molecule has 1 aromatic carbocycles. The van der Waals surface area contributed by atoms with E-state index in [1.54, 1.807) is 13.8 Å². The monoisotopic (exact) mass is 354 g/mol. The van der Waals surface area contributed by atoms with E-state index in [9.17, 15) is 18.8 Å². The van der Waals surface area contributed by atoms with Gasteiger partial charge in [-0.05, 0) is 19.4 Å². The first-order valence-corrected chi connectivity index (χ1v) is 7.76. The second-order valence-electron chi connectivity index (χ2n) is 4.99. The van der Waals surface area contributed by atoms with Crippen LogP contribution in [-0.2, 0) is 9.53 Å². The number of carbonyl (C=O) groups is 2. The first kappa shape index (κ1) is 17.9. The van der Waals surface area contributed by atoms with E-state index < -0.39 is 17.2 Å².